The van der Waals surface area contributed by atoms with Gasteiger partial charge in [0.2, 0.25) is 0 Å². The summed E-state index contributed by atoms with van der Waals surface area (Å²) in [7, 11) is 0. The molecule has 0 bridgehead atoms. The number of unbranched alkanes of at least 4 members (excludes halogenated alkanes) is 6. The van der Waals surface area contributed by atoms with Crippen molar-refractivity contribution in [3.63, 3.8) is 0 Å². The molecule has 0 saturated heterocycles. The van der Waals surface area contributed by atoms with Gasteiger partial charge in [-0.2, -0.15) is 0 Å². The van der Waals surface area contributed by atoms with Gasteiger partial charge < -0.3 is 0 Å². The van der Waals surface area contributed by atoms with Crippen LogP contribution in [0, 0.1) is 13.8 Å². The van der Waals surface area contributed by atoms with E-state index in [1.807, 2.05) is 45.3 Å². The molecule has 0 spiro atoms. The van der Waals surface area contributed by atoms with E-state index in [9.17, 15) is 0 Å². The summed E-state index contributed by atoms with van der Waals surface area (Å²) >= 11 is 7.89. The minimum absolute atomic E-state index is 1.22. The van der Waals surface area contributed by atoms with Crippen LogP contribution >= 0.6 is 45.3 Å². The van der Waals surface area contributed by atoms with Crippen molar-refractivity contribution in [3.05, 3.63) is 57.3 Å². The third-order valence-corrected chi connectivity index (χ3v) is 11.3. The first-order chi connectivity index (χ1) is 16.6. The minimum Gasteiger partial charge on any atom is -0.139 e. The van der Waals surface area contributed by atoms with Gasteiger partial charge in [0.25, 0.3) is 0 Å². The number of hydrogen-bond acceptors (Lipinski definition) is 4. The van der Waals surface area contributed by atoms with Crippen LogP contribution in [0.25, 0.3) is 29.3 Å². The van der Waals surface area contributed by atoms with Gasteiger partial charge in [-0.05, 0) is 87.1 Å². The Balaban J connectivity index is 1.50. The lowest BCUT2D eigenvalue weighted by atomic mass is 10.1. The molecule has 4 heterocycles. The highest BCUT2D eigenvalue weighted by molar-refractivity contribution is 7.28. The van der Waals surface area contributed by atoms with Gasteiger partial charge in [0.05, 0.1) is 0 Å². The summed E-state index contributed by atoms with van der Waals surface area (Å²) in [4.78, 5) is 11.6. The smallest absolute Gasteiger partial charge is 0.0477 e. The van der Waals surface area contributed by atoms with E-state index >= 15 is 0 Å². The Labute approximate surface area is 222 Å². The summed E-state index contributed by atoms with van der Waals surface area (Å²) in [5.74, 6) is 0. The van der Waals surface area contributed by atoms with Gasteiger partial charge in [-0.25, -0.2) is 0 Å². The average molecular weight is 527 g/mol. The Hall–Kier alpha value is -1.20. The van der Waals surface area contributed by atoms with E-state index in [4.69, 9.17) is 0 Å². The molecule has 0 aliphatic carbocycles. The fourth-order valence-electron chi connectivity index (χ4n) is 4.59. The molecule has 0 aliphatic rings. The highest BCUT2D eigenvalue weighted by atomic mass is 32.1. The number of aryl methyl sites for hydroxylation is 4. The number of rotatable bonds is 13. The van der Waals surface area contributed by atoms with Crippen molar-refractivity contribution in [2.75, 3.05) is 0 Å². The molecule has 0 amide bonds. The van der Waals surface area contributed by atoms with E-state index in [0.29, 0.717) is 0 Å². The third-order valence-electron chi connectivity index (χ3n) is 6.37. The topological polar surface area (TPSA) is 0 Å². The predicted octanol–water partition coefficient (Wildman–Crippen LogP) is 11.8. The molecule has 0 saturated carbocycles. The van der Waals surface area contributed by atoms with Crippen LogP contribution in [-0.2, 0) is 12.8 Å². The largest absolute Gasteiger partial charge is 0.139 e. The molecule has 0 fully saturated rings. The second kappa shape index (κ2) is 12.7. The van der Waals surface area contributed by atoms with Crippen molar-refractivity contribution >= 4 is 45.3 Å². The van der Waals surface area contributed by atoms with Crippen LogP contribution in [0.5, 0.6) is 0 Å². The van der Waals surface area contributed by atoms with Crippen LogP contribution in [0.2, 0.25) is 0 Å². The Morgan fingerprint density at radius 3 is 1.32 bits per heavy atom. The third kappa shape index (κ3) is 6.51. The first kappa shape index (κ1) is 25.9. The average Bonchev–Trinajstić information content (AvgIpc) is 3.60. The lowest BCUT2D eigenvalue weighted by molar-refractivity contribution is 0.668. The van der Waals surface area contributed by atoms with E-state index in [-0.39, 0.29) is 0 Å². The lowest BCUT2D eigenvalue weighted by Gasteiger charge is -2.02. The summed E-state index contributed by atoms with van der Waals surface area (Å²) in [5.41, 5.74) is 3.11. The van der Waals surface area contributed by atoms with Gasteiger partial charge in [0.15, 0.2) is 0 Å². The van der Waals surface area contributed by atoms with E-state index < -0.39 is 0 Å². The van der Waals surface area contributed by atoms with Crippen molar-refractivity contribution in [3.8, 4) is 29.3 Å². The zero-order chi connectivity index (χ0) is 23.9. The summed E-state index contributed by atoms with van der Waals surface area (Å²) in [6.45, 7) is 9.09. The Kier molecular flexibility index (Phi) is 9.64. The van der Waals surface area contributed by atoms with Gasteiger partial charge in [0.1, 0.15) is 0 Å². The standard InChI is InChI=1S/C30H38S4/c1-5-7-9-11-13-23-19-21(3)31-29(23)27-17-15-25(33-27)26-16-18-28(34-26)30-24(20-22(4)32-30)14-12-10-8-6-2/h15-20H,5-14H2,1-4H3. The molecule has 4 aromatic heterocycles. The van der Waals surface area contributed by atoms with Crippen LogP contribution in [0.1, 0.15) is 86.1 Å². The van der Waals surface area contributed by atoms with Crippen molar-refractivity contribution in [2.24, 2.45) is 0 Å². The molecule has 0 nitrogen and oxygen atoms in total. The second-order valence-electron chi connectivity index (χ2n) is 9.37. The Morgan fingerprint density at radius 1 is 0.500 bits per heavy atom. The van der Waals surface area contributed by atoms with Crippen LogP contribution in [0.15, 0.2) is 36.4 Å². The lowest BCUT2D eigenvalue weighted by Crippen LogP contribution is -1.85. The van der Waals surface area contributed by atoms with E-state index in [2.05, 4.69) is 64.1 Å². The summed E-state index contributed by atoms with van der Waals surface area (Å²) in [5, 5.41) is 0. The predicted molar refractivity (Wildman–Crippen MR) is 159 cm³/mol. The molecule has 0 N–H and O–H groups in total. The van der Waals surface area contributed by atoms with Gasteiger partial charge in [-0.15, -0.1) is 45.3 Å². The van der Waals surface area contributed by atoms with Crippen molar-refractivity contribution in [1.82, 2.24) is 0 Å². The van der Waals surface area contributed by atoms with Crippen molar-refractivity contribution in [1.29, 1.82) is 0 Å². The monoisotopic (exact) mass is 526 g/mol. The van der Waals surface area contributed by atoms with Crippen LogP contribution in [-0.4, -0.2) is 0 Å². The van der Waals surface area contributed by atoms with E-state index in [1.54, 1.807) is 11.1 Å². The Bertz CT molecular complexity index is 1070. The maximum Gasteiger partial charge on any atom is 0.0477 e. The Morgan fingerprint density at radius 2 is 0.912 bits per heavy atom. The van der Waals surface area contributed by atoms with Gasteiger partial charge in [-0.1, -0.05) is 52.4 Å². The summed E-state index contributed by atoms with van der Waals surface area (Å²) in [6, 6.07) is 14.3. The zero-order valence-electron chi connectivity index (χ0n) is 21.2. The minimum atomic E-state index is 1.22. The SMILES string of the molecule is CCCCCCc1cc(C)sc1-c1ccc(-c2ccc(-c3sc(C)cc3CCCCCC)s2)s1. The molecule has 182 valence electrons. The number of hydrogen-bond donors (Lipinski definition) is 0. The first-order valence-corrected chi connectivity index (χ1v) is 16.2. The molecule has 0 unspecified atom stereocenters. The molecule has 0 aromatic carbocycles. The molecule has 0 atom stereocenters. The van der Waals surface area contributed by atoms with E-state index in [0.717, 1.165) is 0 Å². The van der Waals surface area contributed by atoms with Crippen molar-refractivity contribution < 1.29 is 0 Å². The summed E-state index contributed by atoms with van der Waals surface area (Å²) < 4.78 is 0. The quantitative estimate of drug-likeness (QED) is 0.152. The van der Waals surface area contributed by atoms with Crippen LogP contribution in [0.4, 0.5) is 0 Å². The van der Waals surface area contributed by atoms with Crippen molar-refractivity contribution in [2.45, 2.75) is 91.9 Å². The highest BCUT2D eigenvalue weighted by Gasteiger charge is 2.16. The molecular weight excluding hydrogens is 489 g/mol. The fourth-order valence-corrected chi connectivity index (χ4v) is 9.11. The fraction of sp³-hybridized carbons (Fsp3) is 0.467. The van der Waals surface area contributed by atoms with Gasteiger partial charge >= 0.3 is 0 Å². The molecule has 4 aromatic rings. The van der Waals surface area contributed by atoms with Gasteiger partial charge in [-0.3, -0.25) is 0 Å². The maximum atomic E-state index is 2.43. The first-order valence-electron chi connectivity index (χ1n) is 13.0. The molecule has 0 aliphatic heterocycles. The van der Waals surface area contributed by atoms with E-state index in [1.165, 1.54) is 103 Å². The van der Waals surface area contributed by atoms with Crippen LogP contribution in [0.3, 0.4) is 0 Å². The molecule has 4 rings (SSSR count). The molecular formula is C30H38S4. The summed E-state index contributed by atoms with van der Waals surface area (Å²) in [6.07, 6.45) is 13.1. The highest BCUT2D eigenvalue weighted by Crippen LogP contribution is 2.45. The second-order valence-corrected chi connectivity index (χ2v) is 14.1. The maximum absolute atomic E-state index is 2.43. The zero-order valence-corrected chi connectivity index (χ0v) is 24.4. The molecule has 4 heteroatoms. The number of thiophene rings is 4. The normalized spacial score (nSPS) is 11.5. The van der Waals surface area contributed by atoms with Gasteiger partial charge in [0, 0.05) is 39.0 Å². The van der Waals surface area contributed by atoms with Crippen LogP contribution < -0.4 is 0 Å². The molecule has 0 radical (unpaired) electrons. The molecule has 34 heavy (non-hydrogen) atoms.